The number of halogens is 5. The zero-order valence-corrected chi connectivity index (χ0v) is 24.1. The third-order valence-electron chi connectivity index (χ3n) is 7.95. The molecule has 5 N–H and O–H groups in total. The Hall–Kier alpha value is -4.38. The highest BCUT2D eigenvalue weighted by atomic mass is 19.2. The zero-order valence-electron chi connectivity index (χ0n) is 24.1. The van der Waals surface area contributed by atoms with Gasteiger partial charge in [-0.2, -0.15) is 0 Å². The maximum atomic E-state index is 14.7. The Labute approximate surface area is 252 Å². The number of nitrogens with zero attached hydrogens (tertiary/aromatic N) is 2. The monoisotopic (exact) mass is 643 g/mol. The number of aromatic hydroxyl groups is 1. The number of amides is 4. The van der Waals surface area contributed by atoms with Crippen LogP contribution in [0.2, 0.25) is 0 Å². The van der Waals surface area contributed by atoms with Crippen LogP contribution in [0.4, 0.5) is 22.0 Å². The van der Waals surface area contributed by atoms with Crippen molar-refractivity contribution in [2.75, 3.05) is 20.3 Å². The van der Waals surface area contributed by atoms with Crippen LogP contribution in [-0.4, -0.2) is 94.3 Å². The van der Waals surface area contributed by atoms with Crippen molar-refractivity contribution in [2.24, 2.45) is 11.8 Å². The second kappa shape index (κ2) is 13.3. The molecule has 12 nitrogen and oxygen atoms in total. The molecule has 2 fully saturated rings. The molecule has 45 heavy (non-hydrogen) atoms. The highest BCUT2D eigenvalue weighted by Gasteiger charge is 2.44. The van der Waals surface area contributed by atoms with E-state index in [2.05, 4.69) is 20.9 Å². The van der Waals surface area contributed by atoms with Crippen LogP contribution in [0.1, 0.15) is 29.9 Å². The van der Waals surface area contributed by atoms with Gasteiger partial charge in [-0.05, 0) is 19.1 Å². The summed E-state index contributed by atoms with van der Waals surface area (Å²) in [5.74, 6) is -17.8. The maximum absolute atomic E-state index is 14.7. The zero-order chi connectivity index (χ0) is 33.3. The molecule has 1 aromatic heterocycles. The van der Waals surface area contributed by atoms with Crippen LogP contribution >= 0.6 is 0 Å². The van der Waals surface area contributed by atoms with Gasteiger partial charge in [-0.1, -0.05) is 6.92 Å². The summed E-state index contributed by atoms with van der Waals surface area (Å²) in [7, 11) is 1.27. The summed E-state index contributed by atoms with van der Waals surface area (Å²) < 4.78 is 76.3. The first-order valence-electron chi connectivity index (χ1n) is 13.7. The van der Waals surface area contributed by atoms with Crippen LogP contribution in [0.3, 0.4) is 0 Å². The fraction of sp³-hybridized carbons (Fsp3) is 0.464. The van der Waals surface area contributed by atoms with Gasteiger partial charge in [-0.15, -0.1) is 0 Å². The number of benzene rings is 1. The molecular formula is C28H30F5N5O7. The molecule has 17 heteroatoms. The lowest BCUT2D eigenvalue weighted by Gasteiger charge is -2.41. The molecule has 2 aliphatic rings. The fourth-order valence-corrected chi connectivity index (χ4v) is 5.27. The number of carbonyl (C=O) groups is 4. The summed E-state index contributed by atoms with van der Waals surface area (Å²) in [4.78, 5) is 58.4. The van der Waals surface area contributed by atoms with Crippen LogP contribution in [0.5, 0.6) is 5.75 Å². The highest BCUT2D eigenvalue weighted by Crippen LogP contribution is 2.27. The standard InChI is InChI=1S/C28H30F5N5O7/c1-10-24(40)14(7-13-16(29)18(31)20(33)19(32)17(13)30)36-25(41)21(37-26(42)22-15(39)5-4-6-34-22)11(2)35-27(43)23(12-8-45-9-12)38(3)28(10)44/h4-6,10-12,14,21,23-24,39-40H,7-9H2,1-3H3,(H,35,43)(H,36,41)(H,37,42)/t10-,11-,14+,21+,23?,24+/m1/s1. The van der Waals surface area contributed by atoms with Crippen molar-refractivity contribution in [1.29, 1.82) is 0 Å². The van der Waals surface area contributed by atoms with Crippen molar-refractivity contribution in [3.05, 3.63) is 58.7 Å². The average Bonchev–Trinajstić information content (AvgIpc) is 2.98. The first-order valence-corrected chi connectivity index (χ1v) is 13.7. The van der Waals surface area contributed by atoms with Crippen LogP contribution in [-0.2, 0) is 25.5 Å². The summed E-state index contributed by atoms with van der Waals surface area (Å²) in [5, 5.41) is 28.4. The second-order valence-corrected chi connectivity index (χ2v) is 11.0. The first-order chi connectivity index (χ1) is 21.1. The Kier molecular flexibility index (Phi) is 9.92. The lowest BCUT2D eigenvalue weighted by atomic mass is 9.88. The Bertz CT molecular complexity index is 1480. The molecule has 1 unspecified atom stereocenters. The molecule has 244 valence electrons. The van der Waals surface area contributed by atoms with Crippen LogP contribution in [0.25, 0.3) is 0 Å². The van der Waals surface area contributed by atoms with Gasteiger partial charge in [0.15, 0.2) is 29.0 Å². The van der Waals surface area contributed by atoms with Crippen molar-refractivity contribution in [3.63, 3.8) is 0 Å². The summed E-state index contributed by atoms with van der Waals surface area (Å²) in [6.45, 7) is 2.67. The summed E-state index contributed by atoms with van der Waals surface area (Å²) in [6.07, 6.45) is -2.01. The van der Waals surface area contributed by atoms with Crippen LogP contribution < -0.4 is 16.0 Å². The van der Waals surface area contributed by atoms with E-state index in [1.807, 2.05) is 0 Å². The van der Waals surface area contributed by atoms with Gasteiger partial charge in [0.2, 0.25) is 23.5 Å². The smallest absolute Gasteiger partial charge is 0.274 e. The molecule has 0 saturated carbocycles. The SMILES string of the molecule is C[C@H]1NC(=O)C(C2COC2)N(C)C(=O)[C@H](C)[C@H](O)[C@H](Cc2c(F)c(F)c(F)c(F)c2F)NC(=O)[C@H]1NC(=O)c1ncccc1O. The minimum atomic E-state index is -2.42. The molecular weight excluding hydrogens is 613 g/mol. The van der Waals surface area contributed by atoms with Gasteiger partial charge in [-0.3, -0.25) is 19.2 Å². The summed E-state index contributed by atoms with van der Waals surface area (Å²) >= 11 is 0. The lowest BCUT2D eigenvalue weighted by molar-refractivity contribution is -0.155. The quantitative estimate of drug-likeness (QED) is 0.176. The third kappa shape index (κ3) is 6.54. The van der Waals surface area contributed by atoms with Gasteiger partial charge in [0.1, 0.15) is 17.8 Å². The number of aliphatic hydroxyl groups excluding tert-OH is 1. The molecule has 2 aliphatic heterocycles. The third-order valence-corrected chi connectivity index (χ3v) is 7.95. The van der Waals surface area contributed by atoms with E-state index in [-0.39, 0.29) is 13.2 Å². The van der Waals surface area contributed by atoms with Crippen molar-refractivity contribution >= 4 is 23.6 Å². The van der Waals surface area contributed by atoms with E-state index < -0.39 is 118 Å². The molecule has 6 atom stereocenters. The number of pyridine rings is 1. The lowest BCUT2D eigenvalue weighted by Crippen LogP contribution is -2.65. The fourth-order valence-electron chi connectivity index (χ4n) is 5.27. The molecule has 0 spiro atoms. The average molecular weight is 644 g/mol. The molecule has 3 heterocycles. The number of aromatic nitrogens is 1. The minimum Gasteiger partial charge on any atom is -0.505 e. The van der Waals surface area contributed by atoms with Gasteiger partial charge < -0.3 is 35.8 Å². The number of ether oxygens (including phenoxy) is 1. The summed E-state index contributed by atoms with van der Waals surface area (Å²) in [5.41, 5.74) is -1.88. The second-order valence-electron chi connectivity index (χ2n) is 11.0. The topological polar surface area (TPSA) is 170 Å². The highest BCUT2D eigenvalue weighted by molar-refractivity contribution is 5.98. The number of likely N-dealkylation sites (N-methyl/N-ethyl adjacent to an activating group) is 1. The Morgan fingerprint density at radius 2 is 1.62 bits per heavy atom. The van der Waals surface area contributed by atoms with E-state index in [1.165, 1.54) is 33.2 Å². The summed E-state index contributed by atoms with van der Waals surface area (Å²) in [6, 6.07) is -3.58. The van der Waals surface area contributed by atoms with E-state index >= 15 is 0 Å². The van der Waals surface area contributed by atoms with E-state index in [1.54, 1.807) is 0 Å². The Balaban J connectivity index is 1.78. The normalized spacial score (nSPS) is 26.7. The van der Waals surface area contributed by atoms with Gasteiger partial charge in [0, 0.05) is 31.1 Å². The first kappa shape index (κ1) is 33.5. The van der Waals surface area contributed by atoms with Crippen molar-refractivity contribution < 1.29 is 56.1 Å². The van der Waals surface area contributed by atoms with E-state index in [4.69, 9.17) is 4.74 Å². The van der Waals surface area contributed by atoms with E-state index in [9.17, 15) is 51.3 Å². The molecule has 0 bridgehead atoms. The van der Waals surface area contributed by atoms with E-state index in [0.29, 0.717) is 0 Å². The molecule has 2 aromatic rings. The van der Waals surface area contributed by atoms with Gasteiger partial charge >= 0.3 is 0 Å². The number of carbonyl (C=O) groups excluding carboxylic acids is 4. The molecule has 0 radical (unpaired) electrons. The van der Waals surface area contributed by atoms with Crippen molar-refractivity contribution in [2.45, 2.75) is 50.5 Å². The molecule has 2 saturated heterocycles. The molecule has 4 rings (SSSR count). The number of rotatable bonds is 5. The largest absolute Gasteiger partial charge is 0.505 e. The van der Waals surface area contributed by atoms with Crippen molar-refractivity contribution in [3.8, 4) is 5.75 Å². The molecule has 4 amide bonds. The van der Waals surface area contributed by atoms with Gasteiger partial charge in [0.05, 0.1) is 37.3 Å². The number of nitrogens with one attached hydrogen (secondary N) is 3. The Morgan fingerprint density at radius 1 is 1.02 bits per heavy atom. The molecule has 0 aliphatic carbocycles. The van der Waals surface area contributed by atoms with Crippen molar-refractivity contribution in [1.82, 2.24) is 25.8 Å². The number of aliphatic hydroxyl groups is 1. The Morgan fingerprint density at radius 3 is 2.18 bits per heavy atom. The predicted molar refractivity (Wildman–Crippen MR) is 143 cm³/mol. The number of hydrogen-bond acceptors (Lipinski definition) is 8. The maximum Gasteiger partial charge on any atom is 0.274 e. The van der Waals surface area contributed by atoms with Gasteiger partial charge in [-0.25, -0.2) is 26.9 Å². The van der Waals surface area contributed by atoms with Crippen LogP contribution in [0, 0.1) is 40.9 Å². The minimum absolute atomic E-state index is 0.0868. The van der Waals surface area contributed by atoms with Gasteiger partial charge in [0.25, 0.3) is 5.91 Å². The molecule has 1 aromatic carbocycles. The van der Waals surface area contributed by atoms with Crippen LogP contribution in [0.15, 0.2) is 18.3 Å². The number of hydrogen-bond donors (Lipinski definition) is 5. The van der Waals surface area contributed by atoms with E-state index in [0.717, 1.165) is 11.0 Å². The predicted octanol–water partition coefficient (Wildman–Crippen LogP) is 0.297.